The summed E-state index contributed by atoms with van der Waals surface area (Å²) < 4.78 is 27.4. The van der Waals surface area contributed by atoms with Gasteiger partial charge < -0.3 is 9.73 Å². The molecule has 1 aromatic carbocycles. The van der Waals surface area contributed by atoms with E-state index in [0.717, 1.165) is 18.5 Å². The summed E-state index contributed by atoms with van der Waals surface area (Å²) in [6.07, 6.45) is 0.762. The fraction of sp³-hybridized carbons (Fsp3) is 0.333. The van der Waals surface area contributed by atoms with Crippen LogP contribution in [-0.4, -0.2) is 25.2 Å². The quantitative estimate of drug-likeness (QED) is 0.744. The Labute approximate surface area is 117 Å². The van der Waals surface area contributed by atoms with Gasteiger partial charge in [-0.3, -0.25) is 0 Å². The van der Waals surface area contributed by atoms with Crippen molar-refractivity contribution in [3.63, 3.8) is 0 Å². The molecule has 8 heteroatoms. The van der Waals surface area contributed by atoms with E-state index in [1.165, 1.54) is 12.1 Å². The molecule has 108 valence electrons. The molecule has 3 N–H and O–H groups in total. The fourth-order valence-corrected chi connectivity index (χ4v) is 2.20. The molecule has 2 rings (SSSR count). The monoisotopic (exact) mass is 296 g/mol. The number of nitrogens with zero attached hydrogens (tertiary/aromatic N) is 2. The van der Waals surface area contributed by atoms with Gasteiger partial charge in [-0.05, 0) is 30.7 Å². The Morgan fingerprint density at radius 3 is 2.50 bits per heavy atom. The maximum atomic E-state index is 11.1. The normalized spacial score (nSPS) is 11.7. The standard InChI is InChI=1S/C12H16N4O3S/c1-9-15-16-12(19-9)8-14-7-6-10-2-4-11(5-3-10)20(13,17)18/h2-5,14H,6-8H2,1H3,(H2,13,17,18). The number of rotatable bonds is 6. The van der Waals surface area contributed by atoms with Crippen molar-refractivity contribution in [2.45, 2.75) is 24.8 Å². The molecule has 0 aliphatic rings. The van der Waals surface area contributed by atoms with Crippen molar-refractivity contribution < 1.29 is 12.8 Å². The van der Waals surface area contributed by atoms with Gasteiger partial charge in [-0.25, -0.2) is 13.6 Å². The van der Waals surface area contributed by atoms with Gasteiger partial charge in [0.15, 0.2) is 0 Å². The van der Waals surface area contributed by atoms with Crippen LogP contribution in [0, 0.1) is 6.92 Å². The lowest BCUT2D eigenvalue weighted by molar-refractivity contribution is 0.448. The Hall–Kier alpha value is -1.77. The molecule has 0 amide bonds. The highest BCUT2D eigenvalue weighted by atomic mass is 32.2. The van der Waals surface area contributed by atoms with Crippen LogP contribution in [0.4, 0.5) is 0 Å². The lowest BCUT2D eigenvalue weighted by Crippen LogP contribution is -2.17. The SMILES string of the molecule is Cc1nnc(CNCCc2ccc(S(N)(=O)=O)cc2)o1. The molecule has 0 aliphatic heterocycles. The molecule has 0 spiro atoms. The summed E-state index contributed by atoms with van der Waals surface area (Å²) >= 11 is 0. The topological polar surface area (TPSA) is 111 Å². The number of primary sulfonamides is 1. The number of hydrogen-bond donors (Lipinski definition) is 2. The zero-order chi connectivity index (χ0) is 14.6. The van der Waals surface area contributed by atoms with Crippen molar-refractivity contribution in [3.8, 4) is 0 Å². The van der Waals surface area contributed by atoms with Crippen LogP contribution in [0.2, 0.25) is 0 Å². The summed E-state index contributed by atoms with van der Waals surface area (Å²) in [5.74, 6) is 1.09. The summed E-state index contributed by atoms with van der Waals surface area (Å²) in [5, 5.41) is 15.8. The zero-order valence-corrected chi connectivity index (χ0v) is 11.9. The van der Waals surface area contributed by atoms with Gasteiger partial charge in [-0.15, -0.1) is 10.2 Å². The predicted molar refractivity (Wildman–Crippen MR) is 72.3 cm³/mol. The third kappa shape index (κ3) is 4.12. The number of benzene rings is 1. The van der Waals surface area contributed by atoms with Gasteiger partial charge >= 0.3 is 0 Å². The molecule has 0 bridgehead atoms. The van der Waals surface area contributed by atoms with E-state index in [1.54, 1.807) is 19.1 Å². The number of aryl methyl sites for hydroxylation is 1. The molecular formula is C12H16N4O3S. The number of hydrogen-bond acceptors (Lipinski definition) is 6. The van der Waals surface area contributed by atoms with Crippen molar-refractivity contribution in [2.24, 2.45) is 5.14 Å². The van der Waals surface area contributed by atoms with Crippen molar-refractivity contribution in [1.82, 2.24) is 15.5 Å². The molecule has 2 aromatic rings. The molecular weight excluding hydrogens is 280 g/mol. The molecule has 0 fully saturated rings. The van der Waals surface area contributed by atoms with Gasteiger partial charge in [-0.1, -0.05) is 12.1 Å². The van der Waals surface area contributed by atoms with E-state index in [0.29, 0.717) is 18.3 Å². The molecule has 0 unspecified atom stereocenters. The van der Waals surface area contributed by atoms with E-state index in [9.17, 15) is 8.42 Å². The Bertz CT molecular complexity index is 664. The maximum absolute atomic E-state index is 11.1. The van der Waals surface area contributed by atoms with Gasteiger partial charge in [0.2, 0.25) is 21.8 Å². The minimum absolute atomic E-state index is 0.121. The number of nitrogens with two attached hydrogens (primary N) is 1. The van der Waals surface area contributed by atoms with Crippen molar-refractivity contribution in [3.05, 3.63) is 41.6 Å². The van der Waals surface area contributed by atoms with E-state index in [4.69, 9.17) is 9.56 Å². The first-order chi connectivity index (χ1) is 9.45. The first kappa shape index (κ1) is 14.6. The average molecular weight is 296 g/mol. The third-order valence-electron chi connectivity index (χ3n) is 2.69. The van der Waals surface area contributed by atoms with Gasteiger partial charge in [0.1, 0.15) is 0 Å². The molecule has 0 saturated carbocycles. The summed E-state index contributed by atoms with van der Waals surface area (Å²) in [6, 6.07) is 6.51. The first-order valence-electron chi connectivity index (χ1n) is 6.06. The fourth-order valence-electron chi connectivity index (χ4n) is 1.68. The van der Waals surface area contributed by atoms with E-state index in [-0.39, 0.29) is 4.90 Å². The van der Waals surface area contributed by atoms with Crippen LogP contribution in [0.5, 0.6) is 0 Å². The largest absolute Gasteiger partial charge is 0.424 e. The van der Waals surface area contributed by atoms with Crippen LogP contribution in [0.3, 0.4) is 0 Å². The summed E-state index contributed by atoms with van der Waals surface area (Å²) in [7, 11) is -3.62. The lowest BCUT2D eigenvalue weighted by atomic mass is 10.1. The molecule has 0 saturated heterocycles. The van der Waals surface area contributed by atoms with Crippen molar-refractivity contribution in [1.29, 1.82) is 0 Å². The number of nitrogens with one attached hydrogen (secondary N) is 1. The maximum Gasteiger partial charge on any atom is 0.238 e. The molecule has 7 nitrogen and oxygen atoms in total. The molecule has 1 heterocycles. The molecule has 1 aromatic heterocycles. The summed E-state index contributed by atoms with van der Waals surface area (Å²) in [5.41, 5.74) is 1.02. The Morgan fingerprint density at radius 1 is 1.25 bits per heavy atom. The Balaban J connectivity index is 1.80. The highest BCUT2D eigenvalue weighted by Gasteiger charge is 2.06. The van der Waals surface area contributed by atoms with E-state index in [2.05, 4.69) is 15.5 Å². The number of sulfonamides is 1. The number of aromatic nitrogens is 2. The molecule has 0 aliphatic carbocycles. The third-order valence-corrected chi connectivity index (χ3v) is 3.62. The van der Waals surface area contributed by atoms with Crippen LogP contribution in [-0.2, 0) is 23.0 Å². The minimum atomic E-state index is -3.62. The average Bonchev–Trinajstić information content (AvgIpc) is 2.80. The Morgan fingerprint density at radius 2 is 1.95 bits per heavy atom. The van der Waals surface area contributed by atoms with Crippen molar-refractivity contribution in [2.75, 3.05) is 6.54 Å². The second-order valence-electron chi connectivity index (χ2n) is 4.33. The smallest absolute Gasteiger partial charge is 0.238 e. The Kier molecular flexibility index (Phi) is 4.48. The van der Waals surface area contributed by atoms with Gasteiger partial charge in [-0.2, -0.15) is 0 Å². The van der Waals surface area contributed by atoms with Crippen LogP contribution in [0.15, 0.2) is 33.6 Å². The van der Waals surface area contributed by atoms with Gasteiger partial charge in [0.25, 0.3) is 0 Å². The lowest BCUT2D eigenvalue weighted by Gasteiger charge is -2.04. The summed E-state index contributed by atoms with van der Waals surface area (Å²) in [6.45, 7) is 2.97. The van der Waals surface area contributed by atoms with Gasteiger partial charge in [0.05, 0.1) is 11.4 Å². The van der Waals surface area contributed by atoms with E-state index >= 15 is 0 Å². The van der Waals surface area contributed by atoms with Crippen LogP contribution in [0.1, 0.15) is 17.3 Å². The highest BCUT2D eigenvalue weighted by Crippen LogP contribution is 2.09. The van der Waals surface area contributed by atoms with Crippen LogP contribution < -0.4 is 10.5 Å². The molecule has 0 atom stereocenters. The second-order valence-corrected chi connectivity index (χ2v) is 5.89. The molecule has 20 heavy (non-hydrogen) atoms. The van der Waals surface area contributed by atoms with Crippen molar-refractivity contribution >= 4 is 10.0 Å². The highest BCUT2D eigenvalue weighted by molar-refractivity contribution is 7.89. The first-order valence-corrected chi connectivity index (χ1v) is 7.61. The minimum Gasteiger partial charge on any atom is -0.424 e. The van der Waals surface area contributed by atoms with E-state index < -0.39 is 10.0 Å². The zero-order valence-electron chi connectivity index (χ0n) is 11.0. The molecule has 0 radical (unpaired) electrons. The van der Waals surface area contributed by atoms with Crippen LogP contribution >= 0.6 is 0 Å². The summed E-state index contributed by atoms with van der Waals surface area (Å²) in [4.78, 5) is 0.121. The predicted octanol–water partition coefficient (Wildman–Crippen LogP) is 0.358. The second kappa shape index (κ2) is 6.12. The van der Waals surface area contributed by atoms with Crippen LogP contribution in [0.25, 0.3) is 0 Å². The van der Waals surface area contributed by atoms with E-state index in [1.807, 2.05) is 0 Å². The van der Waals surface area contributed by atoms with Gasteiger partial charge in [0, 0.05) is 6.92 Å².